The van der Waals surface area contributed by atoms with Crippen molar-refractivity contribution in [2.24, 2.45) is 4.90 Å². The van der Waals surface area contributed by atoms with Crippen molar-refractivity contribution >= 4 is 18.5 Å². The number of benzene rings is 2. The number of nitrogens with zero attached hydrogens (tertiary/aromatic N) is 1. The van der Waals surface area contributed by atoms with Gasteiger partial charge >= 0.3 is 7.04 Å². The quantitative estimate of drug-likeness (QED) is 0.758. The number of halogens is 2. The van der Waals surface area contributed by atoms with Crippen LogP contribution in [0.1, 0.15) is 11.1 Å². The van der Waals surface area contributed by atoms with Crippen LogP contribution in [0.15, 0.2) is 71.6 Å². The molecule has 0 aliphatic carbocycles. The van der Waals surface area contributed by atoms with Gasteiger partial charge in [0.2, 0.25) is 0 Å². The summed E-state index contributed by atoms with van der Waals surface area (Å²) in [5.74, 6) is 0.143. The summed E-state index contributed by atoms with van der Waals surface area (Å²) in [7, 11) is -4.23. The van der Waals surface area contributed by atoms with E-state index in [-0.39, 0.29) is 11.5 Å². The Morgan fingerprint density at radius 2 is 1.35 bits per heavy atom. The topological polar surface area (TPSA) is 21.6 Å². The lowest BCUT2D eigenvalue weighted by Gasteiger charge is -2.30. The summed E-state index contributed by atoms with van der Waals surface area (Å²) in [6.45, 7) is 0. The van der Waals surface area contributed by atoms with E-state index in [1.807, 2.05) is 12.1 Å². The van der Waals surface area contributed by atoms with Gasteiger partial charge in [-0.2, -0.15) is 0 Å². The molecule has 0 saturated carbocycles. The molecule has 0 fully saturated rings. The Morgan fingerprint density at radius 1 is 0.800 bits per heavy atom. The summed E-state index contributed by atoms with van der Waals surface area (Å²) in [6.07, 6.45) is 1.55. The van der Waals surface area contributed by atoms with Crippen molar-refractivity contribution in [3.63, 3.8) is 0 Å². The van der Waals surface area contributed by atoms with Crippen molar-refractivity contribution in [2.75, 3.05) is 0 Å². The predicted octanol–water partition coefficient (Wildman–Crippen LogP) is 3.92. The molecule has 1 aliphatic rings. The molecule has 0 radical (unpaired) electrons. The summed E-state index contributed by atoms with van der Waals surface area (Å²) >= 11 is 0. The third-order valence-electron chi connectivity index (χ3n) is 2.95. The highest BCUT2D eigenvalue weighted by Gasteiger charge is 2.32. The van der Waals surface area contributed by atoms with Crippen molar-refractivity contribution in [3.8, 4) is 0 Å². The predicted molar refractivity (Wildman–Crippen MR) is 76.5 cm³/mol. The van der Waals surface area contributed by atoms with Gasteiger partial charge in [-0.1, -0.05) is 60.7 Å². The zero-order valence-corrected chi connectivity index (χ0v) is 10.5. The fraction of sp³-hybridized carbons (Fsp3) is 0. The molecular formula is C15H11BF2NO-. The third-order valence-corrected chi connectivity index (χ3v) is 2.95. The Kier molecular flexibility index (Phi) is 3.10. The van der Waals surface area contributed by atoms with Gasteiger partial charge < -0.3 is 18.2 Å². The zero-order chi connectivity index (χ0) is 14.0. The summed E-state index contributed by atoms with van der Waals surface area (Å²) in [5, 5.41) is 0. The van der Waals surface area contributed by atoms with Crippen LogP contribution in [0.4, 0.5) is 8.63 Å². The molecule has 2 nitrogen and oxygen atoms in total. The molecule has 0 saturated heterocycles. The first kappa shape index (κ1) is 12.6. The molecule has 0 amide bonds. The Balaban J connectivity index is 2.05. The molecule has 0 aromatic heterocycles. The third kappa shape index (κ3) is 2.61. The minimum absolute atomic E-state index is 0.143. The summed E-state index contributed by atoms with van der Waals surface area (Å²) in [5.41, 5.74) is 1.49. The minimum atomic E-state index is -4.23. The lowest BCUT2D eigenvalue weighted by atomic mass is 9.98. The van der Waals surface area contributed by atoms with Crippen LogP contribution >= 0.6 is 0 Å². The maximum Gasteiger partial charge on any atom is 0.638 e. The van der Waals surface area contributed by atoms with E-state index in [2.05, 4.69) is 4.90 Å². The van der Waals surface area contributed by atoms with Gasteiger partial charge in [-0.15, -0.1) is 0 Å². The lowest BCUT2D eigenvalue weighted by molar-refractivity contribution is 0.348. The Bertz CT molecular complexity index is 669. The van der Waals surface area contributed by atoms with Crippen LogP contribution in [0, 0.1) is 0 Å². The minimum Gasteiger partial charge on any atom is -0.643 e. The molecule has 100 valence electrons. The lowest BCUT2D eigenvalue weighted by Crippen LogP contribution is -2.30. The van der Waals surface area contributed by atoms with Crippen LogP contribution in [-0.4, -0.2) is 12.7 Å². The van der Waals surface area contributed by atoms with Gasteiger partial charge in [0.1, 0.15) is 0 Å². The molecule has 0 N–H and O–H groups in total. The highest BCUT2D eigenvalue weighted by atomic mass is 19.3. The van der Waals surface area contributed by atoms with Crippen LogP contribution in [0.5, 0.6) is 0 Å². The molecule has 20 heavy (non-hydrogen) atoms. The SMILES string of the molecule is F[B-]1(F)N=C(c2ccccc2)C=C(c2ccccc2)O1. The molecular weight excluding hydrogens is 259 g/mol. The first-order valence-electron chi connectivity index (χ1n) is 6.26. The summed E-state index contributed by atoms with van der Waals surface area (Å²) in [6, 6.07) is 17.7. The van der Waals surface area contributed by atoms with Crippen molar-refractivity contribution < 1.29 is 13.3 Å². The van der Waals surface area contributed by atoms with Gasteiger partial charge in [-0.05, 0) is 11.6 Å². The number of hydrogen-bond donors (Lipinski definition) is 0. The largest absolute Gasteiger partial charge is 0.643 e. The summed E-state index contributed by atoms with van der Waals surface area (Å²) in [4.78, 5) is 3.41. The fourth-order valence-electron chi connectivity index (χ4n) is 2.06. The monoisotopic (exact) mass is 270 g/mol. The second-order valence-electron chi connectivity index (χ2n) is 4.43. The molecule has 2 aromatic carbocycles. The number of rotatable bonds is 2. The van der Waals surface area contributed by atoms with Crippen molar-refractivity contribution in [1.29, 1.82) is 0 Å². The smallest absolute Gasteiger partial charge is 0.638 e. The molecule has 1 aliphatic heterocycles. The molecule has 3 rings (SSSR count). The van der Waals surface area contributed by atoms with Gasteiger partial charge in [0.25, 0.3) is 0 Å². The van der Waals surface area contributed by atoms with E-state index >= 15 is 0 Å². The molecule has 0 unspecified atom stereocenters. The number of allylic oxidation sites excluding steroid dienone is 1. The van der Waals surface area contributed by atoms with Gasteiger partial charge in [0.05, 0.1) is 5.76 Å². The number of hydrogen-bond acceptors (Lipinski definition) is 2. The summed E-state index contributed by atoms with van der Waals surface area (Å²) < 4.78 is 32.1. The van der Waals surface area contributed by atoms with E-state index in [1.165, 1.54) is 0 Å². The van der Waals surface area contributed by atoms with Crippen LogP contribution in [0.3, 0.4) is 0 Å². The Labute approximate surface area is 115 Å². The van der Waals surface area contributed by atoms with Crippen LogP contribution in [0.25, 0.3) is 5.76 Å². The first-order valence-corrected chi connectivity index (χ1v) is 6.26. The molecule has 0 spiro atoms. The van der Waals surface area contributed by atoms with Crippen LogP contribution in [0.2, 0.25) is 0 Å². The van der Waals surface area contributed by atoms with Gasteiger partial charge in [0.15, 0.2) is 0 Å². The zero-order valence-electron chi connectivity index (χ0n) is 10.5. The highest BCUT2D eigenvalue weighted by molar-refractivity contribution is 6.61. The van der Waals surface area contributed by atoms with E-state index in [0.717, 1.165) is 0 Å². The fourth-order valence-corrected chi connectivity index (χ4v) is 2.06. The van der Waals surface area contributed by atoms with Crippen molar-refractivity contribution in [1.82, 2.24) is 0 Å². The second kappa shape index (κ2) is 4.92. The van der Waals surface area contributed by atoms with E-state index in [0.29, 0.717) is 11.1 Å². The van der Waals surface area contributed by atoms with E-state index in [4.69, 9.17) is 4.65 Å². The highest BCUT2D eigenvalue weighted by Crippen LogP contribution is 2.28. The van der Waals surface area contributed by atoms with Gasteiger partial charge in [-0.3, -0.25) is 0 Å². The first-order chi connectivity index (χ1) is 9.64. The molecule has 0 atom stereocenters. The normalized spacial score (nSPS) is 16.9. The van der Waals surface area contributed by atoms with E-state index < -0.39 is 7.04 Å². The average Bonchev–Trinajstić information content (AvgIpc) is 2.47. The van der Waals surface area contributed by atoms with Crippen molar-refractivity contribution in [2.45, 2.75) is 0 Å². The van der Waals surface area contributed by atoms with E-state index in [1.54, 1.807) is 54.6 Å². The van der Waals surface area contributed by atoms with Crippen LogP contribution in [-0.2, 0) is 4.65 Å². The standard InChI is InChI=1S/C15H11BF2NO/c17-16(18)19-14(12-7-3-1-4-8-12)11-15(20-16)13-9-5-2-6-10-13/h1-11H/q-1. The molecule has 2 aromatic rings. The average molecular weight is 270 g/mol. The molecule has 0 bridgehead atoms. The Morgan fingerprint density at radius 3 is 1.95 bits per heavy atom. The van der Waals surface area contributed by atoms with Gasteiger partial charge in [0, 0.05) is 11.3 Å². The maximum atomic E-state index is 13.7. The Hall–Kier alpha value is -2.43. The molecule has 5 heteroatoms. The van der Waals surface area contributed by atoms with Crippen LogP contribution < -0.4 is 0 Å². The molecule has 1 heterocycles. The second-order valence-corrected chi connectivity index (χ2v) is 4.43. The van der Waals surface area contributed by atoms with Gasteiger partial charge in [-0.25, -0.2) is 0 Å². The van der Waals surface area contributed by atoms with E-state index in [9.17, 15) is 8.63 Å². The maximum absolute atomic E-state index is 13.7. The van der Waals surface area contributed by atoms with Crippen molar-refractivity contribution in [3.05, 3.63) is 77.9 Å².